The van der Waals surface area contributed by atoms with E-state index in [0.29, 0.717) is 0 Å². The number of rotatable bonds is 6. The van der Waals surface area contributed by atoms with E-state index in [1.807, 2.05) is 0 Å². The Morgan fingerprint density at radius 1 is 1.07 bits per heavy atom. The molecule has 0 aliphatic rings. The third-order valence-corrected chi connectivity index (χ3v) is 3.33. The van der Waals surface area contributed by atoms with Gasteiger partial charge in [0, 0.05) is 0 Å². The van der Waals surface area contributed by atoms with Crippen LogP contribution < -0.4 is 5.73 Å². The van der Waals surface area contributed by atoms with Crippen LogP contribution in [0.2, 0.25) is 0 Å². The standard InChI is InChI=1S/C5H13NO6S2/c6-5(14(10,11)12)3-1-2-4-13(7,8)9/h5H,1-4,6H2,(H,7,8,9)(H,10,11,12). The zero-order valence-electron chi connectivity index (χ0n) is 7.33. The second kappa shape index (κ2) is 5.03. The van der Waals surface area contributed by atoms with Gasteiger partial charge in [-0.3, -0.25) is 9.11 Å². The molecule has 0 aliphatic carbocycles. The molecule has 0 aromatic rings. The summed E-state index contributed by atoms with van der Waals surface area (Å²) in [7, 11) is -8.26. The summed E-state index contributed by atoms with van der Waals surface area (Å²) in [6.07, 6.45) is 0.247. The summed E-state index contributed by atoms with van der Waals surface area (Å²) >= 11 is 0. The summed E-state index contributed by atoms with van der Waals surface area (Å²) in [6, 6.07) is 0. The first-order valence-corrected chi connectivity index (χ1v) is 6.91. The van der Waals surface area contributed by atoms with Gasteiger partial charge < -0.3 is 5.73 Å². The first kappa shape index (κ1) is 13.8. The van der Waals surface area contributed by atoms with Crippen molar-refractivity contribution < 1.29 is 25.9 Å². The monoisotopic (exact) mass is 247 g/mol. The van der Waals surface area contributed by atoms with Crippen molar-refractivity contribution >= 4 is 20.2 Å². The topological polar surface area (TPSA) is 135 Å². The summed E-state index contributed by atoms with van der Waals surface area (Å²) in [5, 5.41) is -1.40. The Morgan fingerprint density at radius 2 is 1.57 bits per heavy atom. The number of unbranched alkanes of at least 4 members (excludes halogenated alkanes) is 1. The quantitative estimate of drug-likeness (QED) is 0.413. The summed E-state index contributed by atoms with van der Waals surface area (Å²) in [5.74, 6) is -0.439. The van der Waals surface area contributed by atoms with Gasteiger partial charge in [-0.25, -0.2) is 0 Å². The fraction of sp³-hybridized carbons (Fsp3) is 1.00. The number of hydrogen-bond acceptors (Lipinski definition) is 5. The fourth-order valence-corrected chi connectivity index (χ4v) is 1.81. The minimum absolute atomic E-state index is 0.0473. The first-order valence-electron chi connectivity index (χ1n) is 3.80. The Balaban J connectivity index is 3.78. The average Bonchev–Trinajstić information content (AvgIpc) is 1.93. The van der Waals surface area contributed by atoms with Gasteiger partial charge in [0.2, 0.25) is 0 Å². The lowest BCUT2D eigenvalue weighted by atomic mass is 10.2. The van der Waals surface area contributed by atoms with Crippen molar-refractivity contribution in [2.75, 3.05) is 5.75 Å². The van der Waals surface area contributed by atoms with Gasteiger partial charge in [0.15, 0.2) is 0 Å². The van der Waals surface area contributed by atoms with Crippen LogP contribution in [0.15, 0.2) is 0 Å². The van der Waals surface area contributed by atoms with E-state index in [-0.39, 0.29) is 19.3 Å². The maximum absolute atomic E-state index is 10.4. The molecule has 0 aliphatic heterocycles. The molecule has 1 unspecified atom stereocenters. The minimum atomic E-state index is -4.25. The Hall–Kier alpha value is -0.220. The zero-order valence-corrected chi connectivity index (χ0v) is 8.96. The Labute approximate surface area is 82.8 Å². The Kier molecular flexibility index (Phi) is 4.95. The van der Waals surface area contributed by atoms with E-state index in [1.165, 1.54) is 0 Å². The second-order valence-corrected chi connectivity index (χ2v) is 6.04. The van der Waals surface area contributed by atoms with E-state index < -0.39 is 31.4 Å². The highest BCUT2D eigenvalue weighted by Crippen LogP contribution is 2.04. The zero-order chi connectivity index (χ0) is 11.4. The molecular formula is C5H13NO6S2. The van der Waals surface area contributed by atoms with E-state index in [0.717, 1.165) is 0 Å². The molecule has 9 heteroatoms. The highest BCUT2D eigenvalue weighted by molar-refractivity contribution is 7.86. The molecule has 0 aromatic heterocycles. The molecule has 0 saturated carbocycles. The highest BCUT2D eigenvalue weighted by Gasteiger charge is 2.17. The molecule has 1 atom stereocenters. The molecule has 14 heavy (non-hydrogen) atoms. The summed E-state index contributed by atoms with van der Waals surface area (Å²) in [4.78, 5) is 0. The van der Waals surface area contributed by atoms with Crippen LogP contribution in [0.3, 0.4) is 0 Å². The lowest BCUT2D eigenvalue weighted by Gasteiger charge is -2.06. The van der Waals surface area contributed by atoms with Crippen molar-refractivity contribution in [1.82, 2.24) is 0 Å². The molecule has 0 radical (unpaired) electrons. The molecule has 4 N–H and O–H groups in total. The fourth-order valence-electron chi connectivity index (χ4n) is 0.779. The van der Waals surface area contributed by atoms with Crippen molar-refractivity contribution in [3.8, 4) is 0 Å². The molecule has 0 rings (SSSR count). The summed E-state index contributed by atoms with van der Waals surface area (Å²) in [6.45, 7) is 0. The van der Waals surface area contributed by atoms with Crippen molar-refractivity contribution in [2.24, 2.45) is 5.73 Å². The van der Waals surface area contributed by atoms with Crippen LogP contribution in [-0.2, 0) is 20.2 Å². The lowest BCUT2D eigenvalue weighted by Crippen LogP contribution is -2.29. The van der Waals surface area contributed by atoms with Crippen LogP contribution >= 0.6 is 0 Å². The van der Waals surface area contributed by atoms with Crippen molar-refractivity contribution in [3.63, 3.8) is 0 Å². The summed E-state index contributed by atoms with van der Waals surface area (Å²) in [5.41, 5.74) is 5.05. The third kappa shape index (κ3) is 7.21. The number of nitrogens with two attached hydrogens (primary N) is 1. The highest BCUT2D eigenvalue weighted by atomic mass is 32.2. The summed E-state index contributed by atoms with van der Waals surface area (Å²) < 4.78 is 58.0. The van der Waals surface area contributed by atoms with Gasteiger partial charge in [0.05, 0.1) is 5.75 Å². The van der Waals surface area contributed by atoms with Crippen LogP contribution in [0, 0.1) is 0 Å². The van der Waals surface area contributed by atoms with Gasteiger partial charge in [-0.2, -0.15) is 16.8 Å². The predicted molar refractivity (Wildman–Crippen MR) is 49.8 cm³/mol. The van der Waals surface area contributed by atoms with Crippen LogP contribution in [0.1, 0.15) is 19.3 Å². The second-order valence-electron chi connectivity index (χ2n) is 2.84. The van der Waals surface area contributed by atoms with E-state index in [1.54, 1.807) is 0 Å². The number of hydrogen-bond donors (Lipinski definition) is 3. The van der Waals surface area contributed by atoms with Gasteiger partial charge in [-0.1, -0.05) is 0 Å². The first-order chi connectivity index (χ1) is 6.13. The van der Waals surface area contributed by atoms with Crippen molar-refractivity contribution in [1.29, 1.82) is 0 Å². The maximum atomic E-state index is 10.4. The average molecular weight is 247 g/mol. The van der Waals surface area contributed by atoms with Gasteiger partial charge in [0.1, 0.15) is 5.37 Å². The lowest BCUT2D eigenvalue weighted by molar-refractivity contribution is 0.459. The molecule has 7 nitrogen and oxygen atoms in total. The van der Waals surface area contributed by atoms with Gasteiger partial charge in [-0.15, -0.1) is 0 Å². The molecule has 0 amide bonds. The normalized spacial score (nSPS) is 15.4. The molecule has 0 fully saturated rings. The molecule has 0 aromatic carbocycles. The van der Waals surface area contributed by atoms with Crippen LogP contribution in [0.5, 0.6) is 0 Å². The van der Waals surface area contributed by atoms with E-state index >= 15 is 0 Å². The van der Waals surface area contributed by atoms with Crippen LogP contribution in [0.25, 0.3) is 0 Å². The van der Waals surface area contributed by atoms with Crippen LogP contribution in [0.4, 0.5) is 0 Å². The molecule has 0 saturated heterocycles. The van der Waals surface area contributed by atoms with Gasteiger partial charge in [-0.05, 0) is 19.3 Å². The molecule has 86 valence electrons. The smallest absolute Gasteiger partial charge is 0.280 e. The van der Waals surface area contributed by atoms with E-state index in [9.17, 15) is 16.8 Å². The maximum Gasteiger partial charge on any atom is 0.280 e. The molecule has 0 spiro atoms. The van der Waals surface area contributed by atoms with Gasteiger partial charge in [0.25, 0.3) is 20.2 Å². The Morgan fingerprint density at radius 3 is 1.93 bits per heavy atom. The SMILES string of the molecule is NC(CCCCS(=O)(=O)O)S(=O)(=O)O. The predicted octanol–water partition coefficient (Wildman–Crippen LogP) is -0.783. The Bertz CT molecular complexity index is 358. The molecule has 0 heterocycles. The third-order valence-electron chi connectivity index (χ3n) is 1.52. The van der Waals surface area contributed by atoms with Gasteiger partial charge >= 0.3 is 0 Å². The van der Waals surface area contributed by atoms with Crippen LogP contribution in [-0.4, -0.2) is 37.1 Å². The molecular weight excluding hydrogens is 234 g/mol. The van der Waals surface area contributed by atoms with Crippen molar-refractivity contribution in [3.05, 3.63) is 0 Å². The molecule has 0 bridgehead atoms. The van der Waals surface area contributed by atoms with Crippen molar-refractivity contribution in [2.45, 2.75) is 24.6 Å². The minimum Gasteiger partial charge on any atom is -0.313 e. The van der Waals surface area contributed by atoms with E-state index in [4.69, 9.17) is 14.8 Å². The largest absolute Gasteiger partial charge is 0.313 e. The van der Waals surface area contributed by atoms with E-state index in [2.05, 4.69) is 0 Å².